The number of rotatable bonds is 5. The number of phenols is 1. The van der Waals surface area contributed by atoms with Crippen LogP contribution in [0.25, 0.3) is 11.4 Å². The molecule has 3 rings (SSSR count). The molecule has 0 unspecified atom stereocenters. The van der Waals surface area contributed by atoms with Crippen molar-refractivity contribution in [3.8, 4) is 17.1 Å². The minimum absolute atomic E-state index is 0.0124. The Kier molecular flexibility index (Phi) is 3.77. The normalized spacial score (nSPS) is 14.3. The molecule has 2 aromatic rings. The zero-order valence-corrected chi connectivity index (χ0v) is 12.4. The highest BCUT2D eigenvalue weighted by molar-refractivity contribution is 7.99. The van der Waals surface area contributed by atoms with E-state index in [0.717, 1.165) is 30.2 Å². The highest BCUT2D eigenvalue weighted by Crippen LogP contribution is 2.41. The first-order chi connectivity index (χ1) is 10.1. The summed E-state index contributed by atoms with van der Waals surface area (Å²) < 4.78 is 1.95. The van der Waals surface area contributed by atoms with E-state index in [4.69, 9.17) is 16.7 Å². The van der Waals surface area contributed by atoms with Gasteiger partial charge in [0.15, 0.2) is 11.0 Å². The van der Waals surface area contributed by atoms with Gasteiger partial charge in [-0.3, -0.25) is 9.36 Å². The van der Waals surface area contributed by atoms with Crippen molar-refractivity contribution in [2.75, 3.05) is 5.75 Å². The molecule has 1 aromatic carbocycles. The number of aliphatic carboxylic acids is 1. The number of hydrogen-bond donors (Lipinski definition) is 2. The monoisotopic (exact) mass is 325 g/mol. The van der Waals surface area contributed by atoms with Crippen LogP contribution in [0.5, 0.6) is 5.75 Å². The fourth-order valence-corrected chi connectivity index (χ4v) is 2.91. The predicted molar refractivity (Wildman–Crippen MR) is 78.8 cm³/mol. The van der Waals surface area contributed by atoms with Crippen LogP contribution in [-0.2, 0) is 4.79 Å². The van der Waals surface area contributed by atoms with Gasteiger partial charge in [-0.05, 0) is 31.0 Å². The Morgan fingerprint density at radius 3 is 2.81 bits per heavy atom. The largest absolute Gasteiger partial charge is 0.506 e. The molecule has 0 saturated heterocycles. The van der Waals surface area contributed by atoms with E-state index < -0.39 is 5.97 Å². The van der Waals surface area contributed by atoms with Crippen molar-refractivity contribution in [3.05, 3.63) is 23.2 Å². The van der Waals surface area contributed by atoms with Gasteiger partial charge in [0.1, 0.15) is 5.75 Å². The highest BCUT2D eigenvalue weighted by Gasteiger charge is 2.30. The van der Waals surface area contributed by atoms with Crippen molar-refractivity contribution >= 4 is 29.3 Å². The molecular formula is C13H12ClN3O3S. The Morgan fingerprint density at radius 1 is 1.43 bits per heavy atom. The number of hydrogen-bond acceptors (Lipinski definition) is 5. The third-order valence-electron chi connectivity index (χ3n) is 3.11. The van der Waals surface area contributed by atoms with Crippen LogP contribution in [0.3, 0.4) is 0 Å². The molecule has 1 heterocycles. The molecule has 0 bridgehead atoms. The molecule has 6 nitrogen and oxygen atoms in total. The molecule has 0 amide bonds. The summed E-state index contributed by atoms with van der Waals surface area (Å²) in [7, 11) is 0. The molecule has 110 valence electrons. The second-order valence-electron chi connectivity index (χ2n) is 4.76. The Labute approximate surface area is 129 Å². The van der Waals surface area contributed by atoms with Gasteiger partial charge >= 0.3 is 5.97 Å². The second kappa shape index (κ2) is 5.57. The number of benzene rings is 1. The topological polar surface area (TPSA) is 88.2 Å². The van der Waals surface area contributed by atoms with Gasteiger partial charge in [-0.25, -0.2) is 0 Å². The van der Waals surface area contributed by atoms with Gasteiger partial charge in [-0.15, -0.1) is 10.2 Å². The Balaban J connectivity index is 1.98. The molecule has 1 fully saturated rings. The molecule has 0 aliphatic heterocycles. The zero-order valence-electron chi connectivity index (χ0n) is 10.9. The summed E-state index contributed by atoms with van der Waals surface area (Å²) >= 11 is 7.08. The van der Waals surface area contributed by atoms with Gasteiger partial charge < -0.3 is 10.2 Å². The maximum absolute atomic E-state index is 10.7. The molecule has 1 aliphatic carbocycles. The van der Waals surface area contributed by atoms with Crippen molar-refractivity contribution in [2.45, 2.75) is 24.0 Å². The van der Waals surface area contributed by atoms with E-state index in [1.165, 1.54) is 6.07 Å². The lowest BCUT2D eigenvalue weighted by molar-refractivity contribution is -0.133. The molecular weight excluding hydrogens is 314 g/mol. The van der Waals surface area contributed by atoms with E-state index in [1.54, 1.807) is 12.1 Å². The number of thioether (sulfide) groups is 1. The summed E-state index contributed by atoms with van der Waals surface area (Å²) in [6.45, 7) is 0. The smallest absolute Gasteiger partial charge is 0.313 e. The predicted octanol–water partition coefficient (Wildman–Crippen LogP) is 2.82. The number of nitrogens with zero attached hydrogens (tertiary/aromatic N) is 3. The Bertz CT molecular complexity index is 700. The summed E-state index contributed by atoms with van der Waals surface area (Å²) in [5.74, 6) is -0.286. The fraction of sp³-hybridized carbons (Fsp3) is 0.308. The van der Waals surface area contributed by atoms with Crippen LogP contribution < -0.4 is 0 Å². The Hall–Kier alpha value is -1.73. The van der Waals surface area contributed by atoms with Gasteiger partial charge in [-0.2, -0.15) is 0 Å². The maximum atomic E-state index is 10.7. The van der Waals surface area contributed by atoms with Crippen LogP contribution in [0.4, 0.5) is 0 Å². The third-order valence-corrected chi connectivity index (χ3v) is 4.34. The first-order valence-corrected chi connectivity index (χ1v) is 7.71. The number of carbonyl (C=O) groups is 1. The number of carboxylic acids is 1. The lowest BCUT2D eigenvalue weighted by atomic mass is 10.2. The van der Waals surface area contributed by atoms with Gasteiger partial charge in [0.25, 0.3) is 0 Å². The molecule has 0 radical (unpaired) electrons. The Morgan fingerprint density at radius 2 is 2.19 bits per heavy atom. The van der Waals surface area contributed by atoms with Crippen LogP contribution in [0.1, 0.15) is 18.9 Å². The molecule has 1 aliphatic rings. The van der Waals surface area contributed by atoms with Crippen LogP contribution in [0.2, 0.25) is 5.02 Å². The van der Waals surface area contributed by atoms with Crippen LogP contribution >= 0.6 is 23.4 Å². The van der Waals surface area contributed by atoms with Crippen molar-refractivity contribution < 1.29 is 15.0 Å². The molecule has 8 heteroatoms. The van der Waals surface area contributed by atoms with Crippen LogP contribution in [-0.4, -0.2) is 36.7 Å². The van der Waals surface area contributed by atoms with Gasteiger partial charge in [0.05, 0.1) is 10.8 Å². The van der Waals surface area contributed by atoms with Crippen molar-refractivity contribution in [1.29, 1.82) is 0 Å². The zero-order chi connectivity index (χ0) is 15.0. The average Bonchev–Trinajstić information content (AvgIpc) is 3.19. The standard InChI is InChI=1S/C13H12ClN3O3S/c14-9-5-7(1-4-10(9)18)12-15-16-13(21-6-11(19)20)17(12)8-2-3-8/h1,4-5,8,18H,2-3,6H2,(H,19,20). The number of aromatic nitrogens is 3. The van der Waals surface area contributed by atoms with E-state index in [0.29, 0.717) is 17.0 Å². The summed E-state index contributed by atoms with van der Waals surface area (Å²) in [6.07, 6.45) is 2.05. The minimum atomic E-state index is -0.889. The molecule has 1 aromatic heterocycles. The highest BCUT2D eigenvalue weighted by atomic mass is 35.5. The quantitative estimate of drug-likeness (QED) is 0.822. The van der Waals surface area contributed by atoms with Gasteiger partial charge in [-0.1, -0.05) is 23.4 Å². The number of phenolic OH excluding ortho intramolecular Hbond substituents is 1. The van der Waals surface area contributed by atoms with E-state index in [2.05, 4.69) is 10.2 Å². The minimum Gasteiger partial charge on any atom is -0.506 e. The first-order valence-electron chi connectivity index (χ1n) is 6.34. The molecule has 1 saturated carbocycles. The van der Waals surface area contributed by atoms with E-state index in [9.17, 15) is 9.90 Å². The number of carboxylic acid groups (broad SMARTS) is 1. The van der Waals surface area contributed by atoms with Crippen LogP contribution in [0, 0.1) is 0 Å². The van der Waals surface area contributed by atoms with Gasteiger partial charge in [0.2, 0.25) is 0 Å². The van der Waals surface area contributed by atoms with Crippen molar-refractivity contribution in [2.24, 2.45) is 0 Å². The molecule has 0 spiro atoms. The molecule has 2 N–H and O–H groups in total. The van der Waals surface area contributed by atoms with Gasteiger partial charge in [0, 0.05) is 11.6 Å². The van der Waals surface area contributed by atoms with E-state index in [-0.39, 0.29) is 16.5 Å². The van der Waals surface area contributed by atoms with E-state index >= 15 is 0 Å². The molecule has 21 heavy (non-hydrogen) atoms. The number of aromatic hydroxyl groups is 1. The lowest BCUT2D eigenvalue weighted by Gasteiger charge is -2.08. The average molecular weight is 326 g/mol. The lowest BCUT2D eigenvalue weighted by Crippen LogP contribution is -2.03. The van der Waals surface area contributed by atoms with Crippen molar-refractivity contribution in [3.63, 3.8) is 0 Å². The maximum Gasteiger partial charge on any atom is 0.313 e. The molecule has 0 atom stereocenters. The summed E-state index contributed by atoms with van der Waals surface area (Å²) in [5.41, 5.74) is 0.749. The summed E-state index contributed by atoms with van der Waals surface area (Å²) in [5, 5.41) is 27.4. The SMILES string of the molecule is O=C(O)CSc1nnc(-c2ccc(O)c(Cl)c2)n1C1CC1. The van der Waals surface area contributed by atoms with E-state index in [1.807, 2.05) is 4.57 Å². The fourth-order valence-electron chi connectivity index (χ4n) is 2.01. The first kappa shape index (κ1) is 14.2. The second-order valence-corrected chi connectivity index (χ2v) is 6.11. The van der Waals surface area contributed by atoms with Crippen LogP contribution in [0.15, 0.2) is 23.4 Å². The third kappa shape index (κ3) is 2.98. The summed E-state index contributed by atoms with van der Waals surface area (Å²) in [4.78, 5) is 10.7. The number of halogens is 1. The summed E-state index contributed by atoms with van der Waals surface area (Å²) in [6, 6.07) is 5.16. The van der Waals surface area contributed by atoms with Crippen molar-refractivity contribution in [1.82, 2.24) is 14.8 Å².